The maximum absolute atomic E-state index is 13.5. The van der Waals surface area contributed by atoms with E-state index in [-0.39, 0.29) is 11.5 Å². The topological polar surface area (TPSA) is 69.9 Å². The molecule has 0 N–H and O–H groups in total. The summed E-state index contributed by atoms with van der Waals surface area (Å²) in [5, 5.41) is 1.94. The minimum Gasteiger partial charge on any atom is -0.496 e. The molecule has 8 heteroatoms. The summed E-state index contributed by atoms with van der Waals surface area (Å²) in [7, 11) is 1.60. The van der Waals surface area contributed by atoms with Crippen LogP contribution < -0.4 is 19.6 Å². The monoisotopic (exact) mass is 468 g/mol. The second-order valence-electron chi connectivity index (χ2n) is 7.83. The maximum Gasteiger partial charge on any atom is 0.338 e. The Labute approximate surface area is 193 Å². The number of rotatable bonds is 6. The number of carbonyl (C=O) groups excluding carboxylic acids is 1. The van der Waals surface area contributed by atoms with Gasteiger partial charge in [-0.25, -0.2) is 9.79 Å². The molecule has 1 aliphatic rings. The van der Waals surface area contributed by atoms with Crippen molar-refractivity contribution in [2.75, 3.05) is 13.7 Å². The summed E-state index contributed by atoms with van der Waals surface area (Å²) in [4.78, 5) is 32.7. The molecule has 3 aromatic rings. The van der Waals surface area contributed by atoms with Crippen LogP contribution in [0.5, 0.6) is 5.75 Å². The predicted octanol–water partition coefficient (Wildman–Crippen LogP) is 3.50. The Bertz CT molecular complexity index is 1350. The standard InChI is InChI=1S/C24H24N2O4S2/c1-14(2)13-30-23(28)20-15(3)25-24-26(21(20)18-10-7-11-31-18)22(27)19(32-24)12-16-8-5-6-9-17(16)29-4/h5-12,14,21H,13H2,1-4H3/b19-12+/t21-/m1/s1. The van der Waals surface area contributed by atoms with Crippen molar-refractivity contribution >= 4 is 34.7 Å². The number of fused-ring (bicyclic) bond motifs is 1. The molecule has 32 heavy (non-hydrogen) atoms. The number of carbonyl (C=O) groups is 1. The molecule has 3 heterocycles. The zero-order valence-electron chi connectivity index (χ0n) is 18.3. The molecular formula is C24H24N2O4S2. The highest BCUT2D eigenvalue weighted by atomic mass is 32.1. The van der Waals surface area contributed by atoms with E-state index >= 15 is 0 Å². The smallest absolute Gasteiger partial charge is 0.338 e. The van der Waals surface area contributed by atoms with Gasteiger partial charge in [0.2, 0.25) is 0 Å². The van der Waals surface area contributed by atoms with E-state index in [4.69, 9.17) is 9.47 Å². The number of allylic oxidation sites excluding steroid dienone is 1. The summed E-state index contributed by atoms with van der Waals surface area (Å²) in [5.41, 5.74) is 1.59. The molecule has 0 saturated carbocycles. The van der Waals surface area contributed by atoms with Crippen molar-refractivity contribution in [2.24, 2.45) is 10.9 Å². The number of thiazole rings is 1. The van der Waals surface area contributed by atoms with Crippen LogP contribution in [0, 0.1) is 5.92 Å². The third kappa shape index (κ3) is 4.20. The third-order valence-corrected chi connectivity index (χ3v) is 6.94. The molecule has 0 bridgehead atoms. The van der Waals surface area contributed by atoms with Crippen molar-refractivity contribution in [3.63, 3.8) is 0 Å². The van der Waals surface area contributed by atoms with Gasteiger partial charge in [-0.2, -0.15) is 0 Å². The minimum absolute atomic E-state index is 0.195. The number of methoxy groups -OCH3 is 1. The maximum atomic E-state index is 13.5. The number of ether oxygens (including phenoxy) is 2. The van der Waals surface area contributed by atoms with Crippen molar-refractivity contribution in [1.82, 2.24) is 4.57 Å². The second-order valence-corrected chi connectivity index (χ2v) is 9.82. The number of hydrogen-bond donors (Lipinski definition) is 0. The van der Waals surface area contributed by atoms with Crippen LogP contribution in [0.4, 0.5) is 0 Å². The Morgan fingerprint density at radius 3 is 2.72 bits per heavy atom. The molecule has 0 radical (unpaired) electrons. The fourth-order valence-electron chi connectivity index (χ4n) is 3.55. The first kappa shape index (κ1) is 22.2. The van der Waals surface area contributed by atoms with Crippen LogP contribution in [0.1, 0.15) is 37.3 Å². The van der Waals surface area contributed by atoms with Crippen LogP contribution in [0.3, 0.4) is 0 Å². The van der Waals surface area contributed by atoms with Crippen molar-refractivity contribution in [3.05, 3.63) is 83.2 Å². The van der Waals surface area contributed by atoms with Crippen LogP contribution in [0.25, 0.3) is 6.08 Å². The van der Waals surface area contributed by atoms with Crippen LogP contribution in [0.2, 0.25) is 0 Å². The molecule has 0 amide bonds. The number of benzene rings is 1. The zero-order chi connectivity index (χ0) is 22.8. The highest BCUT2D eigenvalue weighted by Crippen LogP contribution is 2.33. The molecule has 0 fully saturated rings. The van der Waals surface area contributed by atoms with E-state index in [0.717, 1.165) is 10.4 Å². The number of nitrogens with zero attached hydrogens (tertiary/aromatic N) is 2. The molecule has 2 aromatic heterocycles. The van der Waals surface area contributed by atoms with E-state index in [1.807, 2.05) is 61.7 Å². The Morgan fingerprint density at radius 1 is 1.25 bits per heavy atom. The van der Waals surface area contributed by atoms with Gasteiger partial charge in [0.25, 0.3) is 5.56 Å². The number of aromatic nitrogens is 1. The summed E-state index contributed by atoms with van der Waals surface area (Å²) in [6, 6.07) is 10.8. The minimum atomic E-state index is -0.564. The third-order valence-electron chi connectivity index (χ3n) is 5.03. The number of hydrogen-bond acceptors (Lipinski definition) is 7. The van der Waals surface area contributed by atoms with Gasteiger partial charge in [0.1, 0.15) is 11.8 Å². The van der Waals surface area contributed by atoms with Crippen LogP contribution in [-0.2, 0) is 9.53 Å². The van der Waals surface area contributed by atoms with Crippen molar-refractivity contribution < 1.29 is 14.3 Å². The molecule has 0 unspecified atom stereocenters. The summed E-state index contributed by atoms with van der Waals surface area (Å²) < 4.78 is 13.1. The SMILES string of the molecule is COc1ccccc1/C=c1/sc2n(c1=O)[C@H](c1cccs1)C(C(=O)OCC(C)C)=C(C)N=2. The van der Waals surface area contributed by atoms with Crippen molar-refractivity contribution in [1.29, 1.82) is 0 Å². The van der Waals surface area contributed by atoms with Gasteiger partial charge < -0.3 is 9.47 Å². The molecule has 0 saturated heterocycles. The number of para-hydroxylation sites is 1. The van der Waals surface area contributed by atoms with Crippen LogP contribution in [-0.4, -0.2) is 24.3 Å². The van der Waals surface area contributed by atoms with E-state index in [9.17, 15) is 9.59 Å². The Balaban J connectivity index is 1.89. The molecule has 1 atom stereocenters. The lowest BCUT2D eigenvalue weighted by atomic mass is 10.0. The van der Waals surface area contributed by atoms with Crippen LogP contribution in [0.15, 0.2) is 62.8 Å². The highest BCUT2D eigenvalue weighted by molar-refractivity contribution is 7.10. The number of thiophene rings is 1. The fourth-order valence-corrected chi connectivity index (χ4v) is 5.41. The van der Waals surface area contributed by atoms with E-state index in [0.29, 0.717) is 33.0 Å². The molecule has 1 aliphatic heterocycles. The lowest BCUT2D eigenvalue weighted by molar-refractivity contribution is -0.140. The van der Waals surface area contributed by atoms with Gasteiger partial charge in [0.05, 0.1) is 29.5 Å². The average molecular weight is 469 g/mol. The van der Waals surface area contributed by atoms with E-state index in [2.05, 4.69) is 4.99 Å². The fraction of sp³-hybridized carbons (Fsp3) is 0.292. The molecule has 4 rings (SSSR count). The van der Waals surface area contributed by atoms with E-state index < -0.39 is 12.0 Å². The molecule has 0 spiro atoms. The average Bonchev–Trinajstić information content (AvgIpc) is 3.40. The quantitative estimate of drug-likeness (QED) is 0.519. The Kier molecular flexibility index (Phi) is 6.43. The molecule has 166 valence electrons. The summed E-state index contributed by atoms with van der Waals surface area (Å²) in [6.45, 7) is 6.07. The molecule has 0 aliphatic carbocycles. The van der Waals surface area contributed by atoms with E-state index in [1.54, 1.807) is 18.6 Å². The summed E-state index contributed by atoms with van der Waals surface area (Å²) >= 11 is 2.80. The number of esters is 1. The molecule has 6 nitrogen and oxygen atoms in total. The molecule has 1 aromatic carbocycles. The highest BCUT2D eigenvalue weighted by Gasteiger charge is 2.34. The van der Waals surface area contributed by atoms with Gasteiger partial charge in [0.15, 0.2) is 4.80 Å². The van der Waals surface area contributed by atoms with Crippen molar-refractivity contribution in [2.45, 2.75) is 26.8 Å². The zero-order valence-corrected chi connectivity index (χ0v) is 20.0. The van der Waals surface area contributed by atoms with Gasteiger partial charge in [0, 0.05) is 10.4 Å². The Hall–Kier alpha value is -2.97. The first-order valence-electron chi connectivity index (χ1n) is 10.3. The van der Waals surface area contributed by atoms with Gasteiger partial charge in [-0.1, -0.05) is 49.4 Å². The van der Waals surface area contributed by atoms with Gasteiger partial charge in [-0.15, -0.1) is 11.3 Å². The van der Waals surface area contributed by atoms with Gasteiger partial charge >= 0.3 is 5.97 Å². The van der Waals surface area contributed by atoms with E-state index in [1.165, 1.54) is 22.7 Å². The summed E-state index contributed by atoms with van der Waals surface area (Å²) in [5.74, 6) is 0.460. The van der Waals surface area contributed by atoms with Crippen LogP contribution >= 0.6 is 22.7 Å². The van der Waals surface area contributed by atoms with Crippen molar-refractivity contribution in [3.8, 4) is 5.75 Å². The van der Waals surface area contributed by atoms with Gasteiger partial charge in [-0.3, -0.25) is 9.36 Å². The normalized spacial score (nSPS) is 16.2. The Morgan fingerprint density at radius 2 is 2.03 bits per heavy atom. The van der Waals surface area contributed by atoms with Gasteiger partial charge in [-0.05, 0) is 36.4 Å². The molecular weight excluding hydrogens is 444 g/mol. The first-order chi connectivity index (χ1) is 15.4. The largest absolute Gasteiger partial charge is 0.496 e. The lowest BCUT2D eigenvalue weighted by Gasteiger charge is -2.23. The predicted molar refractivity (Wildman–Crippen MR) is 127 cm³/mol. The summed E-state index contributed by atoms with van der Waals surface area (Å²) in [6.07, 6.45) is 1.81. The second kappa shape index (κ2) is 9.26. The lowest BCUT2D eigenvalue weighted by Crippen LogP contribution is -2.39. The first-order valence-corrected chi connectivity index (χ1v) is 12.0.